The number of likely N-dealkylation sites (tertiary alicyclic amines) is 1. The molecule has 3 heteroatoms. The highest BCUT2D eigenvalue weighted by Crippen LogP contribution is 2.26. The van der Waals surface area contributed by atoms with Gasteiger partial charge in [-0.05, 0) is 43.0 Å². The topological polar surface area (TPSA) is 20.3 Å². The minimum atomic E-state index is -0.326. The highest BCUT2D eigenvalue weighted by atomic mass is 19.1. The fourth-order valence-corrected chi connectivity index (χ4v) is 2.11. The van der Waals surface area contributed by atoms with E-state index in [4.69, 9.17) is 0 Å². The molecular formula is C14H16FNO. The van der Waals surface area contributed by atoms with E-state index < -0.39 is 0 Å². The molecule has 90 valence electrons. The molecule has 17 heavy (non-hydrogen) atoms. The molecule has 1 saturated heterocycles. The van der Waals surface area contributed by atoms with Crippen LogP contribution in [0.25, 0.3) is 0 Å². The van der Waals surface area contributed by atoms with Gasteiger partial charge in [0.2, 0.25) is 0 Å². The second kappa shape index (κ2) is 4.70. The van der Waals surface area contributed by atoms with Gasteiger partial charge in [0.25, 0.3) is 5.91 Å². The Balaban J connectivity index is 2.19. The van der Waals surface area contributed by atoms with Crippen LogP contribution < -0.4 is 0 Å². The largest absolute Gasteiger partial charge is 0.312 e. The Morgan fingerprint density at radius 1 is 1.41 bits per heavy atom. The zero-order valence-corrected chi connectivity index (χ0v) is 9.95. The molecule has 0 aliphatic carbocycles. The normalized spacial score (nSPS) is 20.5. The van der Waals surface area contributed by atoms with Gasteiger partial charge in [-0.3, -0.25) is 4.79 Å². The average molecular weight is 233 g/mol. The van der Waals surface area contributed by atoms with E-state index in [-0.39, 0.29) is 11.7 Å². The van der Waals surface area contributed by atoms with Gasteiger partial charge in [0, 0.05) is 17.8 Å². The second-order valence-electron chi connectivity index (χ2n) is 4.50. The van der Waals surface area contributed by atoms with E-state index in [1.165, 1.54) is 24.3 Å². The Hall–Kier alpha value is -1.64. The minimum Gasteiger partial charge on any atom is -0.312 e. The monoisotopic (exact) mass is 233 g/mol. The molecule has 1 atom stereocenters. The molecule has 1 aromatic carbocycles. The van der Waals surface area contributed by atoms with E-state index in [2.05, 4.69) is 13.5 Å². The fourth-order valence-electron chi connectivity index (χ4n) is 2.11. The Labute approximate surface area is 101 Å². The third-order valence-electron chi connectivity index (χ3n) is 3.27. The number of benzene rings is 1. The first-order valence-electron chi connectivity index (χ1n) is 5.86. The van der Waals surface area contributed by atoms with Crippen molar-refractivity contribution in [3.8, 4) is 0 Å². The van der Waals surface area contributed by atoms with Crippen molar-refractivity contribution in [3.63, 3.8) is 0 Å². The van der Waals surface area contributed by atoms with Crippen molar-refractivity contribution in [2.24, 2.45) is 5.92 Å². The number of halogens is 1. The Kier molecular flexibility index (Phi) is 3.27. The number of amides is 1. The number of carbonyl (C=O) groups is 1. The summed E-state index contributed by atoms with van der Waals surface area (Å²) in [6, 6.07) is 5.65. The Bertz CT molecular complexity index is 438. The predicted molar refractivity (Wildman–Crippen MR) is 65.0 cm³/mol. The molecule has 1 amide bonds. The van der Waals surface area contributed by atoms with Crippen molar-refractivity contribution in [3.05, 3.63) is 47.9 Å². The Morgan fingerprint density at radius 2 is 2.06 bits per heavy atom. The SMILES string of the molecule is C=C1C(C)CCCN1C(=O)c1ccc(F)cc1. The van der Waals surface area contributed by atoms with Gasteiger partial charge in [0.15, 0.2) is 0 Å². The summed E-state index contributed by atoms with van der Waals surface area (Å²) in [6.07, 6.45) is 2.07. The van der Waals surface area contributed by atoms with Gasteiger partial charge in [-0.25, -0.2) is 4.39 Å². The number of rotatable bonds is 1. The van der Waals surface area contributed by atoms with Gasteiger partial charge < -0.3 is 4.90 Å². The standard InChI is InChI=1S/C14H16FNO/c1-10-4-3-9-16(11(10)2)14(17)12-5-7-13(15)8-6-12/h5-8,10H,2-4,9H2,1H3. The van der Waals surface area contributed by atoms with E-state index in [1.807, 2.05) is 0 Å². The molecule has 0 bridgehead atoms. The van der Waals surface area contributed by atoms with Crippen LogP contribution in [0.2, 0.25) is 0 Å². The van der Waals surface area contributed by atoms with Crippen LogP contribution in [-0.2, 0) is 0 Å². The summed E-state index contributed by atoms with van der Waals surface area (Å²) >= 11 is 0. The van der Waals surface area contributed by atoms with Gasteiger partial charge in [0.05, 0.1) is 0 Å². The third kappa shape index (κ3) is 2.38. The number of piperidine rings is 1. The summed E-state index contributed by atoms with van der Waals surface area (Å²) in [5.74, 6) is -0.0675. The number of nitrogens with zero attached hydrogens (tertiary/aromatic N) is 1. The minimum absolute atomic E-state index is 0.0819. The summed E-state index contributed by atoms with van der Waals surface area (Å²) in [4.78, 5) is 13.9. The van der Waals surface area contributed by atoms with E-state index in [0.29, 0.717) is 18.0 Å². The van der Waals surface area contributed by atoms with Crippen LogP contribution in [-0.4, -0.2) is 17.4 Å². The van der Waals surface area contributed by atoms with E-state index >= 15 is 0 Å². The lowest BCUT2D eigenvalue weighted by Gasteiger charge is -2.33. The molecule has 1 unspecified atom stereocenters. The molecule has 2 rings (SSSR count). The lowest BCUT2D eigenvalue weighted by molar-refractivity contribution is 0.0763. The van der Waals surface area contributed by atoms with Crippen LogP contribution >= 0.6 is 0 Å². The molecule has 1 aromatic rings. The average Bonchev–Trinajstić information content (AvgIpc) is 2.33. The molecule has 0 N–H and O–H groups in total. The van der Waals surface area contributed by atoms with Crippen molar-refractivity contribution in [1.29, 1.82) is 0 Å². The van der Waals surface area contributed by atoms with E-state index in [1.54, 1.807) is 4.90 Å². The summed E-state index contributed by atoms with van der Waals surface area (Å²) < 4.78 is 12.8. The lowest BCUT2D eigenvalue weighted by Crippen LogP contribution is -2.36. The molecule has 0 spiro atoms. The highest BCUT2D eigenvalue weighted by Gasteiger charge is 2.25. The van der Waals surface area contributed by atoms with Crippen LogP contribution in [0.1, 0.15) is 30.1 Å². The molecule has 0 saturated carbocycles. The van der Waals surface area contributed by atoms with Gasteiger partial charge in [-0.2, -0.15) is 0 Å². The van der Waals surface area contributed by atoms with Gasteiger partial charge >= 0.3 is 0 Å². The van der Waals surface area contributed by atoms with Crippen molar-refractivity contribution < 1.29 is 9.18 Å². The van der Waals surface area contributed by atoms with Gasteiger partial charge in [-0.1, -0.05) is 13.5 Å². The van der Waals surface area contributed by atoms with Crippen LogP contribution in [0.15, 0.2) is 36.5 Å². The second-order valence-corrected chi connectivity index (χ2v) is 4.50. The van der Waals surface area contributed by atoms with Gasteiger partial charge in [0.1, 0.15) is 5.82 Å². The molecule has 1 fully saturated rings. The van der Waals surface area contributed by atoms with Crippen LogP contribution in [0.5, 0.6) is 0 Å². The number of hydrogen-bond acceptors (Lipinski definition) is 1. The zero-order valence-electron chi connectivity index (χ0n) is 9.95. The number of carbonyl (C=O) groups excluding carboxylic acids is 1. The fraction of sp³-hybridized carbons (Fsp3) is 0.357. The maximum atomic E-state index is 12.8. The molecule has 2 nitrogen and oxygen atoms in total. The van der Waals surface area contributed by atoms with Crippen molar-refractivity contribution in [2.45, 2.75) is 19.8 Å². The van der Waals surface area contributed by atoms with Crippen molar-refractivity contribution >= 4 is 5.91 Å². The predicted octanol–water partition coefficient (Wildman–Crippen LogP) is 3.21. The lowest BCUT2D eigenvalue weighted by atomic mass is 9.96. The summed E-state index contributed by atoms with van der Waals surface area (Å²) in [6.45, 7) is 6.76. The summed E-state index contributed by atoms with van der Waals surface area (Å²) in [5, 5.41) is 0. The van der Waals surface area contributed by atoms with Crippen LogP contribution in [0, 0.1) is 11.7 Å². The van der Waals surface area contributed by atoms with Gasteiger partial charge in [-0.15, -0.1) is 0 Å². The molecule has 1 aliphatic rings. The molecule has 0 aromatic heterocycles. The maximum absolute atomic E-state index is 12.8. The smallest absolute Gasteiger partial charge is 0.258 e. The Morgan fingerprint density at radius 3 is 2.71 bits per heavy atom. The molecule has 0 radical (unpaired) electrons. The zero-order chi connectivity index (χ0) is 12.4. The molecular weight excluding hydrogens is 217 g/mol. The van der Waals surface area contributed by atoms with Crippen molar-refractivity contribution in [2.75, 3.05) is 6.54 Å². The number of hydrogen-bond donors (Lipinski definition) is 0. The maximum Gasteiger partial charge on any atom is 0.258 e. The molecule has 1 heterocycles. The summed E-state index contributed by atoms with van der Waals surface area (Å²) in [5.41, 5.74) is 1.38. The first-order valence-corrected chi connectivity index (χ1v) is 5.86. The summed E-state index contributed by atoms with van der Waals surface area (Å²) in [7, 11) is 0. The number of allylic oxidation sites excluding steroid dienone is 1. The van der Waals surface area contributed by atoms with Crippen LogP contribution in [0.4, 0.5) is 4.39 Å². The third-order valence-corrected chi connectivity index (χ3v) is 3.27. The van der Waals surface area contributed by atoms with E-state index in [0.717, 1.165) is 18.5 Å². The van der Waals surface area contributed by atoms with Crippen LogP contribution in [0.3, 0.4) is 0 Å². The first-order chi connectivity index (χ1) is 8.09. The first kappa shape index (κ1) is 11.8. The van der Waals surface area contributed by atoms with Crippen molar-refractivity contribution in [1.82, 2.24) is 4.90 Å². The van der Waals surface area contributed by atoms with E-state index in [9.17, 15) is 9.18 Å². The highest BCUT2D eigenvalue weighted by molar-refractivity contribution is 5.95. The quantitative estimate of drug-likeness (QED) is 0.729. The molecule has 1 aliphatic heterocycles.